The maximum Gasteiger partial charge on any atom is 0.255 e. The Morgan fingerprint density at radius 2 is 1.84 bits per heavy atom. The number of amides is 1. The van der Waals surface area contributed by atoms with E-state index in [2.05, 4.69) is 33.8 Å². The molecule has 1 atom stereocenters. The van der Waals surface area contributed by atoms with Crippen LogP contribution in [0.2, 0.25) is 0 Å². The van der Waals surface area contributed by atoms with Gasteiger partial charge in [-0.3, -0.25) is 4.79 Å². The van der Waals surface area contributed by atoms with Gasteiger partial charge in [0, 0.05) is 39.8 Å². The lowest BCUT2D eigenvalue weighted by molar-refractivity contribution is -0.113. The molecule has 1 amide bonds. The SMILES string of the molecule is CC1=C(C(=O)Nc2cccc(C)c2)C(c2c[nH]c3ccccc23)n2nc(SCc3ccccc3)nc2N1. The van der Waals surface area contributed by atoms with Gasteiger partial charge in [-0.25, -0.2) is 4.68 Å². The summed E-state index contributed by atoms with van der Waals surface area (Å²) in [5.41, 5.74) is 6.37. The number of aryl methyl sites for hydroxylation is 1. The zero-order valence-electron chi connectivity index (χ0n) is 20.5. The molecule has 5 aromatic rings. The van der Waals surface area contributed by atoms with Crippen LogP contribution < -0.4 is 10.6 Å². The quantitative estimate of drug-likeness (QED) is 0.236. The fourth-order valence-electron chi connectivity index (χ4n) is 4.74. The number of anilines is 2. The predicted molar refractivity (Wildman–Crippen MR) is 149 cm³/mol. The summed E-state index contributed by atoms with van der Waals surface area (Å²) in [5, 5.41) is 13.0. The zero-order valence-corrected chi connectivity index (χ0v) is 21.3. The third-order valence-electron chi connectivity index (χ3n) is 6.48. The highest BCUT2D eigenvalue weighted by molar-refractivity contribution is 7.98. The van der Waals surface area contributed by atoms with Crippen molar-refractivity contribution < 1.29 is 4.79 Å². The van der Waals surface area contributed by atoms with Crippen molar-refractivity contribution in [3.63, 3.8) is 0 Å². The van der Waals surface area contributed by atoms with Crippen molar-refractivity contribution in [1.82, 2.24) is 19.7 Å². The summed E-state index contributed by atoms with van der Waals surface area (Å²) in [6.45, 7) is 3.93. The Morgan fingerprint density at radius 1 is 1.03 bits per heavy atom. The van der Waals surface area contributed by atoms with E-state index in [1.165, 1.54) is 5.56 Å². The number of benzene rings is 3. The first kappa shape index (κ1) is 23.1. The summed E-state index contributed by atoms with van der Waals surface area (Å²) < 4.78 is 1.83. The highest BCUT2D eigenvalue weighted by Crippen LogP contribution is 2.39. The number of carbonyl (C=O) groups excluding carboxylic acids is 1. The molecule has 0 saturated heterocycles. The van der Waals surface area contributed by atoms with Crippen LogP contribution in [0.25, 0.3) is 10.9 Å². The topological polar surface area (TPSA) is 87.6 Å². The zero-order chi connectivity index (χ0) is 25.4. The van der Waals surface area contributed by atoms with Gasteiger partial charge in [0.1, 0.15) is 6.04 Å². The van der Waals surface area contributed by atoms with Crippen molar-refractivity contribution in [2.75, 3.05) is 10.6 Å². The highest BCUT2D eigenvalue weighted by atomic mass is 32.2. The molecule has 8 heteroatoms. The van der Waals surface area contributed by atoms with E-state index in [9.17, 15) is 4.79 Å². The van der Waals surface area contributed by atoms with E-state index >= 15 is 0 Å². The Hall–Kier alpha value is -4.30. The monoisotopic (exact) mass is 506 g/mol. The maximum atomic E-state index is 13.8. The Balaban J connectivity index is 1.40. The van der Waals surface area contributed by atoms with Crippen LogP contribution in [0.15, 0.2) is 101 Å². The van der Waals surface area contributed by atoms with Gasteiger partial charge in [-0.2, -0.15) is 4.98 Å². The van der Waals surface area contributed by atoms with Gasteiger partial charge >= 0.3 is 0 Å². The molecular formula is C29H26N6OS. The summed E-state index contributed by atoms with van der Waals surface area (Å²) in [5.74, 6) is 1.20. The van der Waals surface area contributed by atoms with Crippen LogP contribution in [-0.4, -0.2) is 25.7 Å². The van der Waals surface area contributed by atoms with Crippen molar-refractivity contribution in [2.45, 2.75) is 30.8 Å². The molecule has 7 nitrogen and oxygen atoms in total. The molecular weight excluding hydrogens is 480 g/mol. The largest absolute Gasteiger partial charge is 0.361 e. The number of fused-ring (bicyclic) bond motifs is 2. The normalized spacial score (nSPS) is 14.9. The number of aromatic nitrogens is 4. The van der Waals surface area contributed by atoms with Crippen molar-refractivity contribution in [1.29, 1.82) is 0 Å². The standard InChI is InChI=1S/C29H26N6OS/c1-18-9-8-12-21(15-18)32-27(36)25-19(2)31-28-33-29(37-17-20-10-4-3-5-11-20)34-35(28)26(25)23-16-30-24-14-7-6-13-22(23)24/h3-16,26,30H,17H2,1-2H3,(H,32,36)(H,31,33,34). The molecule has 0 aliphatic carbocycles. The number of carbonyl (C=O) groups is 1. The Morgan fingerprint density at radius 3 is 2.68 bits per heavy atom. The van der Waals surface area contributed by atoms with Crippen molar-refractivity contribution in [3.8, 4) is 0 Å². The third kappa shape index (κ3) is 4.51. The molecule has 37 heavy (non-hydrogen) atoms. The number of H-pyrrole nitrogens is 1. The summed E-state index contributed by atoms with van der Waals surface area (Å²) in [6, 6.07) is 25.7. The van der Waals surface area contributed by atoms with Crippen LogP contribution in [0.5, 0.6) is 0 Å². The summed E-state index contributed by atoms with van der Waals surface area (Å²) >= 11 is 1.58. The Bertz CT molecular complexity index is 1630. The van der Waals surface area contributed by atoms with E-state index in [1.807, 2.05) is 85.4 Å². The van der Waals surface area contributed by atoms with Gasteiger partial charge < -0.3 is 15.6 Å². The molecule has 0 spiro atoms. The number of allylic oxidation sites excluding steroid dienone is 1. The second kappa shape index (κ2) is 9.63. The number of hydrogen-bond donors (Lipinski definition) is 3. The van der Waals surface area contributed by atoms with Gasteiger partial charge in [-0.1, -0.05) is 72.4 Å². The summed E-state index contributed by atoms with van der Waals surface area (Å²) in [6.07, 6.45) is 1.97. The maximum absolute atomic E-state index is 13.8. The molecule has 2 aromatic heterocycles. The van der Waals surface area contributed by atoms with Crippen molar-refractivity contribution in [3.05, 3.63) is 113 Å². The average molecular weight is 507 g/mol. The molecule has 3 aromatic carbocycles. The molecule has 1 aliphatic heterocycles. The van der Waals surface area contributed by atoms with Crippen LogP contribution in [-0.2, 0) is 10.5 Å². The fraction of sp³-hybridized carbons (Fsp3) is 0.138. The van der Waals surface area contributed by atoms with Gasteiger partial charge in [-0.05, 0) is 43.2 Å². The van der Waals surface area contributed by atoms with Gasteiger partial charge in [-0.15, -0.1) is 5.10 Å². The van der Waals surface area contributed by atoms with E-state index < -0.39 is 6.04 Å². The number of nitrogens with one attached hydrogen (secondary N) is 3. The van der Waals surface area contributed by atoms with Crippen LogP contribution in [0.3, 0.4) is 0 Å². The lowest BCUT2D eigenvalue weighted by atomic mass is 9.94. The van der Waals surface area contributed by atoms with Crippen molar-refractivity contribution >= 4 is 40.2 Å². The lowest BCUT2D eigenvalue weighted by Crippen LogP contribution is -2.31. The minimum atomic E-state index is -0.448. The number of thioether (sulfide) groups is 1. The number of aromatic amines is 1. The minimum absolute atomic E-state index is 0.175. The number of hydrogen-bond acceptors (Lipinski definition) is 5. The summed E-state index contributed by atoms with van der Waals surface area (Å²) in [7, 11) is 0. The van der Waals surface area contributed by atoms with E-state index in [-0.39, 0.29) is 5.91 Å². The van der Waals surface area contributed by atoms with Crippen LogP contribution in [0.4, 0.5) is 11.6 Å². The van der Waals surface area contributed by atoms with Gasteiger partial charge in [0.15, 0.2) is 0 Å². The van der Waals surface area contributed by atoms with Crippen LogP contribution in [0.1, 0.15) is 29.7 Å². The molecule has 0 bridgehead atoms. The molecule has 0 radical (unpaired) electrons. The van der Waals surface area contributed by atoms with Gasteiger partial charge in [0.05, 0.1) is 5.57 Å². The molecule has 6 rings (SSSR count). The smallest absolute Gasteiger partial charge is 0.255 e. The first-order valence-electron chi connectivity index (χ1n) is 12.1. The van der Waals surface area contributed by atoms with E-state index in [1.54, 1.807) is 11.8 Å². The second-order valence-electron chi connectivity index (χ2n) is 9.12. The van der Waals surface area contributed by atoms with E-state index in [0.29, 0.717) is 16.7 Å². The van der Waals surface area contributed by atoms with Crippen molar-refractivity contribution in [2.24, 2.45) is 0 Å². The molecule has 3 heterocycles. The second-order valence-corrected chi connectivity index (χ2v) is 10.1. The molecule has 1 unspecified atom stereocenters. The molecule has 1 aliphatic rings. The third-order valence-corrected chi connectivity index (χ3v) is 7.39. The van der Waals surface area contributed by atoms with E-state index in [0.717, 1.165) is 39.2 Å². The fourth-order valence-corrected chi connectivity index (χ4v) is 5.52. The molecule has 3 N–H and O–H groups in total. The Labute approximate surface area is 219 Å². The summed E-state index contributed by atoms with van der Waals surface area (Å²) in [4.78, 5) is 21.9. The Kier molecular flexibility index (Phi) is 6.02. The molecule has 0 fully saturated rings. The van der Waals surface area contributed by atoms with Crippen LogP contribution in [0, 0.1) is 6.92 Å². The van der Waals surface area contributed by atoms with Crippen LogP contribution >= 0.6 is 11.8 Å². The minimum Gasteiger partial charge on any atom is -0.361 e. The number of para-hydroxylation sites is 1. The van der Waals surface area contributed by atoms with Gasteiger partial charge in [0.25, 0.3) is 5.91 Å². The first-order valence-corrected chi connectivity index (χ1v) is 13.1. The average Bonchev–Trinajstić information content (AvgIpc) is 3.51. The molecule has 0 saturated carbocycles. The lowest BCUT2D eigenvalue weighted by Gasteiger charge is -2.28. The predicted octanol–water partition coefficient (Wildman–Crippen LogP) is 6.29. The van der Waals surface area contributed by atoms with E-state index in [4.69, 9.17) is 10.1 Å². The number of nitrogens with zero attached hydrogens (tertiary/aromatic N) is 3. The molecule has 184 valence electrons. The number of rotatable bonds is 6. The van der Waals surface area contributed by atoms with Gasteiger partial charge in [0.2, 0.25) is 11.1 Å². The first-order chi connectivity index (χ1) is 18.1. The highest BCUT2D eigenvalue weighted by Gasteiger charge is 2.35.